The molecule has 3 heterocycles. The van der Waals surface area contributed by atoms with E-state index in [1.54, 1.807) is 17.5 Å². The second-order valence-electron chi connectivity index (χ2n) is 6.96. The summed E-state index contributed by atoms with van der Waals surface area (Å²) in [5.74, 6) is 0.722. The van der Waals surface area contributed by atoms with E-state index in [-0.39, 0.29) is 5.91 Å². The van der Waals surface area contributed by atoms with Crippen LogP contribution < -0.4 is 15.5 Å². The van der Waals surface area contributed by atoms with E-state index >= 15 is 0 Å². The molecule has 0 spiro atoms. The van der Waals surface area contributed by atoms with Gasteiger partial charge in [-0.1, -0.05) is 6.07 Å². The van der Waals surface area contributed by atoms with Crippen LogP contribution in [0.2, 0.25) is 0 Å². The Bertz CT molecular complexity index is 885. The Morgan fingerprint density at radius 1 is 1.00 bits per heavy atom. The molecule has 1 saturated heterocycles. The molecule has 0 bridgehead atoms. The molecule has 5 nitrogen and oxygen atoms in total. The van der Waals surface area contributed by atoms with Gasteiger partial charge in [-0.3, -0.25) is 4.79 Å². The predicted molar refractivity (Wildman–Crippen MR) is 117 cm³/mol. The number of hydrogen-bond acceptors (Lipinski definition) is 5. The summed E-state index contributed by atoms with van der Waals surface area (Å²) in [6.45, 7) is 2.29. The van der Waals surface area contributed by atoms with Gasteiger partial charge < -0.3 is 15.5 Å². The van der Waals surface area contributed by atoms with Gasteiger partial charge in [0.1, 0.15) is 5.82 Å². The molecule has 6 heteroatoms. The smallest absolute Gasteiger partial charge is 0.229 e. The Balaban J connectivity index is 1.32. The van der Waals surface area contributed by atoms with Crippen LogP contribution in [0.3, 0.4) is 0 Å². The first kappa shape index (κ1) is 18.5. The van der Waals surface area contributed by atoms with Crippen molar-refractivity contribution < 1.29 is 4.79 Å². The molecule has 2 aromatic heterocycles. The largest absolute Gasteiger partial charge is 0.372 e. The van der Waals surface area contributed by atoms with Gasteiger partial charge in [0.2, 0.25) is 5.91 Å². The van der Waals surface area contributed by atoms with Crippen molar-refractivity contribution >= 4 is 40.1 Å². The molecule has 0 unspecified atom stereocenters. The molecule has 28 heavy (non-hydrogen) atoms. The van der Waals surface area contributed by atoms with Crippen LogP contribution in [0.25, 0.3) is 0 Å². The molecule has 0 radical (unpaired) electrons. The number of carbonyl (C=O) groups is 1. The molecule has 144 valence electrons. The van der Waals surface area contributed by atoms with Crippen molar-refractivity contribution in [2.45, 2.75) is 25.7 Å². The highest BCUT2D eigenvalue weighted by Gasteiger charge is 2.10. The first-order chi connectivity index (χ1) is 13.8. The molecule has 0 atom stereocenters. The first-order valence-corrected chi connectivity index (χ1v) is 10.5. The third-order valence-corrected chi connectivity index (χ3v) is 5.70. The SMILES string of the molecule is O=C(Cc1cccs1)Nc1ccc(Nc2ccc(N3CCCCC3)cc2)nc1. The van der Waals surface area contributed by atoms with Crippen molar-refractivity contribution in [2.24, 2.45) is 0 Å². The van der Waals surface area contributed by atoms with Gasteiger partial charge in [0, 0.05) is 29.3 Å². The minimum absolute atomic E-state index is 0.0294. The third-order valence-electron chi connectivity index (χ3n) is 4.82. The van der Waals surface area contributed by atoms with E-state index < -0.39 is 0 Å². The van der Waals surface area contributed by atoms with E-state index in [4.69, 9.17) is 0 Å². The lowest BCUT2D eigenvalue weighted by atomic mass is 10.1. The summed E-state index contributed by atoms with van der Waals surface area (Å²) in [6, 6.07) is 16.1. The van der Waals surface area contributed by atoms with Crippen molar-refractivity contribution in [1.29, 1.82) is 0 Å². The van der Waals surface area contributed by atoms with Gasteiger partial charge in [-0.15, -0.1) is 11.3 Å². The molecule has 0 saturated carbocycles. The normalized spacial score (nSPS) is 13.9. The quantitative estimate of drug-likeness (QED) is 0.616. The average Bonchev–Trinajstić information content (AvgIpc) is 3.24. The van der Waals surface area contributed by atoms with Gasteiger partial charge in [-0.2, -0.15) is 0 Å². The van der Waals surface area contributed by atoms with Gasteiger partial charge in [0.05, 0.1) is 18.3 Å². The number of pyridine rings is 1. The Morgan fingerprint density at radius 2 is 1.79 bits per heavy atom. The van der Waals surface area contributed by atoms with Crippen molar-refractivity contribution in [3.8, 4) is 0 Å². The lowest BCUT2D eigenvalue weighted by Crippen LogP contribution is -2.29. The number of anilines is 4. The van der Waals surface area contributed by atoms with E-state index in [1.165, 1.54) is 24.9 Å². The highest BCUT2D eigenvalue weighted by molar-refractivity contribution is 7.10. The number of aromatic nitrogens is 1. The molecule has 1 aliphatic heterocycles. The number of carbonyl (C=O) groups excluding carboxylic acids is 1. The second-order valence-corrected chi connectivity index (χ2v) is 7.99. The highest BCUT2D eigenvalue weighted by atomic mass is 32.1. The number of nitrogens with zero attached hydrogens (tertiary/aromatic N) is 2. The monoisotopic (exact) mass is 392 g/mol. The number of amides is 1. The topological polar surface area (TPSA) is 57.3 Å². The predicted octanol–water partition coefficient (Wildman–Crippen LogP) is 5.06. The zero-order valence-corrected chi connectivity index (χ0v) is 16.5. The Labute approximate surface area is 169 Å². The molecular weight excluding hydrogens is 368 g/mol. The third kappa shape index (κ3) is 4.89. The van der Waals surface area contributed by atoms with Gasteiger partial charge in [0.15, 0.2) is 0 Å². The lowest BCUT2D eigenvalue weighted by Gasteiger charge is -2.28. The van der Waals surface area contributed by atoms with Crippen LogP contribution in [0.5, 0.6) is 0 Å². The minimum Gasteiger partial charge on any atom is -0.372 e. The van der Waals surface area contributed by atoms with E-state index in [0.717, 1.165) is 29.5 Å². The molecule has 1 aromatic carbocycles. The van der Waals surface area contributed by atoms with E-state index in [0.29, 0.717) is 12.1 Å². The van der Waals surface area contributed by atoms with Crippen LogP contribution in [0, 0.1) is 0 Å². The van der Waals surface area contributed by atoms with E-state index in [9.17, 15) is 4.79 Å². The number of nitrogens with one attached hydrogen (secondary N) is 2. The fourth-order valence-electron chi connectivity index (χ4n) is 3.37. The molecule has 2 N–H and O–H groups in total. The summed E-state index contributed by atoms with van der Waals surface area (Å²) in [7, 11) is 0. The molecule has 1 aliphatic rings. The summed E-state index contributed by atoms with van der Waals surface area (Å²) >= 11 is 1.59. The summed E-state index contributed by atoms with van der Waals surface area (Å²) < 4.78 is 0. The summed E-state index contributed by atoms with van der Waals surface area (Å²) in [5, 5.41) is 8.17. The van der Waals surface area contributed by atoms with Crippen molar-refractivity contribution in [1.82, 2.24) is 4.98 Å². The Kier molecular flexibility index (Phi) is 5.87. The van der Waals surface area contributed by atoms with Crippen LogP contribution in [-0.4, -0.2) is 24.0 Å². The van der Waals surface area contributed by atoms with Crippen molar-refractivity contribution in [3.05, 3.63) is 65.0 Å². The van der Waals surface area contributed by atoms with Crippen LogP contribution in [0.4, 0.5) is 22.9 Å². The Morgan fingerprint density at radius 3 is 2.46 bits per heavy atom. The maximum atomic E-state index is 12.1. The molecule has 3 aromatic rings. The van der Waals surface area contributed by atoms with Crippen LogP contribution >= 0.6 is 11.3 Å². The standard InChI is InChI=1S/C22H24N4OS/c27-22(15-20-5-4-14-28-20)25-18-8-11-21(23-16-18)24-17-6-9-19(10-7-17)26-12-2-1-3-13-26/h4-11,14,16H,1-3,12-13,15H2,(H,23,24)(H,25,27). The minimum atomic E-state index is -0.0294. The van der Waals surface area contributed by atoms with Gasteiger partial charge in [-0.25, -0.2) is 4.98 Å². The fourth-order valence-corrected chi connectivity index (χ4v) is 4.08. The van der Waals surface area contributed by atoms with E-state index in [1.807, 2.05) is 29.6 Å². The summed E-state index contributed by atoms with van der Waals surface area (Å²) in [5.41, 5.74) is 2.98. The fraction of sp³-hybridized carbons (Fsp3) is 0.273. The maximum Gasteiger partial charge on any atom is 0.229 e. The number of piperidine rings is 1. The molecular formula is C22H24N4OS. The zero-order chi connectivity index (χ0) is 19.2. The number of rotatable bonds is 6. The zero-order valence-electron chi connectivity index (χ0n) is 15.7. The second kappa shape index (κ2) is 8.89. The Hall–Kier alpha value is -2.86. The van der Waals surface area contributed by atoms with Gasteiger partial charge >= 0.3 is 0 Å². The molecule has 4 rings (SSSR count). The van der Waals surface area contributed by atoms with Crippen LogP contribution in [0.1, 0.15) is 24.1 Å². The number of hydrogen-bond donors (Lipinski definition) is 2. The van der Waals surface area contributed by atoms with Gasteiger partial charge in [-0.05, 0) is 67.1 Å². The summed E-state index contributed by atoms with van der Waals surface area (Å²) in [4.78, 5) is 20.0. The van der Waals surface area contributed by atoms with Crippen molar-refractivity contribution in [3.63, 3.8) is 0 Å². The lowest BCUT2D eigenvalue weighted by molar-refractivity contribution is -0.115. The molecule has 1 amide bonds. The molecule has 0 aliphatic carbocycles. The highest BCUT2D eigenvalue weighted by Crippen LogP contribution is 2.23. The first-order valence-electron chi connectivity index (χ1n) is 9.66. The van der Waals surface area contributed by atoms with Crippen LogP contribution in [0.15, 0.2) is 60.1 Å². The van der Waals surface area contributed by atoms with E-state index in [2.05, 4.69) is 44.8 Å². The van der Waals surface area contributed by atoms with Gasteiger partial charge in [0.25, 0.3) is 0 Å². The van der Waals surface area contributed by atoms with Crippen LogP contribution in [-0.2, 0) is 11.2 Å². The number of benzene rings is 1. The molecule has 1 fully saturated rings. The van der Waals surface area contributed by atoms with Crippen molar-refractivity contribution in [2.75, 3.05) is 28.6 Å². The maximum absolute atomic E-state index is 12.1. The summed E-state index contributed by atoms with van der Waals surface area (Å²) in [6.07, 6.45) is 5.96. The average molecular weight is 393 g/mol. The number of thiophene rings is 1.